The molecule has 0 spiro atoms. The molecule has 1 aromatic rings. The first kappa shape index (κ1) is 14.9. The molecule has 1 aromatic carbocycles. The van der Waals surface area contributed by atoms with E-state index in [1.807, 2.05) is 0 Å². The van der Waals surface area contributed by atoms with E-state index in [9.17, 15) is 18.8 Å². The molecule has 0 aliphatic carbocycles. The molecular formula is C14H13ClFN3O3. The van der Waals surface area contributed by atoms with Crippen molar-refractivity contribution in [1.29, 1.82) is 0 Å². The average molecular weight is 326 g/mol. The minimum atomic E-state index is -0.797. The van der Waals surface area contributed by atoms with E-state index in [0.717, 1.165) is 0 Å². The highest BCUT2D eigenvalue weighted by Crippen LogP contribution is 2.35. The molecule has 3 amide bonds. The molecule has 22 heavy (non-hydrogen) atoms. The number of hydrogen-bond acceptors (Lipinski definition) is 4. The molecule has 1 saturated heterocycles. The van der Waals surface area contributed by atoms with E-state index in [0.29, 0.717) is 5.56 Å². The van der Waals surface area contributed by atoms with Gasteiger partial charge in [0.15, 0.2) is 0 Å². The molecule has 2 aliphatic rings. The first-order valence-corrected chi connectivity index (χ1v) is 7.16. The van der Waals surface area contributed by atoms with Crippen LogP contribution in [0.1, 0.15) is 34.3 Å². The van der Waals surface area contributed by atoms with Crippen LogP contribution in [0.3, 0.4) is 0 Å². The summed E-state index contributed by atoms with van der Waals surface area (Å²) in [5, 5.41) is 2.44. The summed E-state index contributed by atoms with van der Waals surface area (Å²) in [6.45, 7) is -0.0361. The molecule has 3 N–H and O–H groups in total. The van der Waals surface area contributed by atoms with Crippen molar-refractivity contribution in [2.75, 3.05) is 0 Å². The number of piperidine rings is 1. The highest BCUT2D eigenvalue weighted by molar-refractivity contribution is 6.32. The van der Waals surface area contributed by atoms with Crippen LogP contribution in [0, 0.1) is 5.82 Å². The second-order valence-electron chi connectivity index (χ2n) is 5.29. The number of rotatable bonds is 2. The number of amides is 3. The van der Waals surface area contributed by atoms with Crippen molar-refractivity contribution in [2.45, 2.75) is 32.0 Å². The van der Waals surface area contributed by atoms with Crippen LogP contribution in [0.2, 0.25) is 5.02 Å². The first-order chi connectivity index (χ1) is 10.4. The van der Waals surface area contributed by atoms with E-state index in [2.05, 4.69) is 5.32 Å². The zero-order valence-corrected chi connectivity index (χ0v) is 12.2. The van der Waals surface area contributed by atoms with E-state index < -0.39 is 23.7 Å². The Balaban J connectivity index is 1.98. The molecule has 1 fully saturated rings. The second kappa shape index (κ2) is 5.33. The van der Waals surface area contributed by atoms with E-state index in [1.54, 1.807) is 0 Å². The van der Waals surface area contributed by atoms with E-state index in [4.69, 9.17) is 17.3 Å². The smallest absolute Gasteiger partial charge is 0.258 e. The summed E-state index contributed by atoms with van der Waals surface area (Å²) in [5.74, 6) is -2.21. The van der Waals surface area contributed by atoms with Crippen LogP contribution in [-0.2, 0) is 22.7 Å². The van der Waals surface area contributed by atoms with Crippen molar-refractivity contribution in [2.24, 2.45) is 5.73 Å². The van der Waals surface area contributed by atoms with Gasteiger partial charge in [-0.2, -0.15) is 0 Å². The predicted molar refractivity (Wildman–Crippen MR) is 75.3 cm³/mol. The topological polar surface area (TPSA) is 92.5 Å². The second-order valence-corrected chi connectivity index (χ2v) is 5.70. The number of carbonyl (C=O) groups excluding carboxylic acids is 3. The molecule has 6 nitrogen and oxygen atoms in total. The predicted octanol–water partition coefficient (Wildman–Crippen LogP) is 0.699. The fourth-order valence-electron chi connectivity index (χ4n) is 2.86. The van der Waals surface area contributed by atoms with E-state index >= 15 is 0 Å². The molecule has 0 saturated carbocycles. The maximum Gasteiger partial charge on any atom is 0.258 e. The minimum Gasteiger partial charge on any atom is -0.326 e. The van der Waals surface area contributed by atoms with Gasteiger partial charge in [-0.15, -0.1) is 0 Å². The number of nitrogens with one attached hydrogen (secondary N) is 1. The Labute approximate surface area is 130 Å². The Morgan fingerprint density at radius 3 is 2.77 bits per heavy atom. The Hall–Kier alpha value is -1.99. The summed E-state index contributed by atoms with van der Waals surface area (Å²) >= 11 is 6.10. The third kappa shape index (κ3) is 2.17. The molecule has 2 heterocycles. The van der Waals surface area contributed by atoms with Crippen LogP contribution in [0.15, 0.2) is 6.07 Å². The zero-order chi connectivity index (χ0) is 16.0. The molecule has 1 unspecified atom stereocenters. The Morgan fingerprint density at radius 1 is 1.41 bits per heavy atom. The third-order valence-electron chi connectivity index (χ3n) is 4.00. The number of benzene rings is 1. The van der Waals surface area contributed by atoms with Crippen molar-refractivity contribution in [3.05, 3.63) is 33.6 Å². The highest BCUT2D eigenvalue weighted by Gasteiger charge is 2.41. The zero-order valence-electron chi connectivity index (χ0n) is 11.5. The van der Waals surface area contributed by atoms with Crippen molar-refractivity contribution < 1.29 is 18.8 Å². The van der Waals surface area contributed by atoms with Crippen LogP contribution >= 0.6 is 11.6 Å². The quantitative estimate of drug-likeness (QED) is 0.783. The molecule has 0 radical (unpaired) electrons. The van der Waals surface area contributed by atoms with Gasteiger partial charge in [0.25, 0.3) is 5.91 Å². The summed E-state index contributed by atoms with van der Waals surface area (Å²) in [6, 6.07) is 0.603. The van der Waals surface area contributed by atoms with Gasteiger partial charge >= 0.3 is 0 Å². The molecular weight excluding hydrogens is 313 g/mol. The fourth-order valence-corrected chi connectivity index (χ4v) is 3.14. The lowest BCUT2D eigenvalue weighted by Gasteiger charge is -2.29. The summed E-state index contributed by atoms with van der Waals surface area (Å²) in [7, 11) is 0. The van der Waals surface area contributed by atoms with Gasteiger partial charge in [0.2, 0.25) is 11.8 Å². The van der Waals surface area contributed by atoms with Gasteiger partial charge in [-0.1, -0.05) is 11.6 Å². The van der Waals surface area contributed by atoms with Crippen LogP contribution in [-0.4, -0.2) is 28.7 Å². The monoisotopic (exact) mass is 325 g/mol. The largest absolute Gasteiger partial charge is 0.326 e. The third-order valence-corrected chi connectivity index (χ3v) is 4.34. The number of imide groups is 1. The molecule has 3 rings (SSSR count). The van der Waals surface area contributed by atoms with Gasteiger partial charge in [-0.25, -0.2) is 4.39 Å². The lowest BCUT2D eigenvalue weighted by molar-refractivity contribution is -0.136. The van der Waals surface area contributed by atoms with Crippen LogP contribution in [0.4, 0.5) is 4.39 Å². The van der Waals surface area contributed by atoms with Crippen molar-refractivity contribution >= 4 is 29.3 Å². The molecule has 0 bridgehead atoms. The molecule has 116 valence electrons. The first-order valence-electron chi connectivity index (χ1n) is 6.78. The van der Waals surface area contributed by atoms with Gasteiger partial charge in [0.05, 0.1) is 5.56 Å². The van der Waals surface area contributed by atoms with Gasteiger partial charge in [-0.3, -0.25) is 19.7 Å². The van der Waals surface area contributed by atoms with Crippen molar-refractivity contribution in [3.63, 3.8) is 0 Å². The van der Waals surface area contributed by atoms with Gasteiger partial charge < -0.3 is 10.6 Å². The average Bonchev–Trinajstić information content (AvgIpc) is 2.81. The number of nitrogens with two attached hydrogens (primary N) is 1. The van der Waals surface area contributed by atoms with Crippen LogP contribution in [0.5, 0.6) is 0 Å². The number of halogens is 2. The van der Waals surface area contributed by atoms with Crippen LogP contribution < -0.4 is 11.1 Å². The molecule has 1 atom stereocenters. The number of nitrogens with zero attached hydrogens (tertiary/aromatic N) is 1. The van der Waals surface area contributed by atoms with Crippen molar-refractivity contribution in [3.8, 4) is 0 Å². The molecule has 8 heteroatoms. The van der Waals surface area contributed by atoms with Crippen LogP contribution in [0.25, 0.3) is 0 Å². The Morgan fingerprint density at radius 2 is 2.14 bits per heavy atom. The molecule has 0 aromatic heterocycles. The summed E-state index contributed by atoms with van der Waals surface area (Å²) in [6.07, 6.45) is 0.355. The lowest BCUT2D eigenvalue weighted by Crippen LogP contribution is -2.52. The highest BCUT2D eigenvalue weighted by atomic mass is 35.5. The maximum atomic E-state index is 14.4. The number of hydrogen-bond donors (Lipinski definition) is 2. The molecule has 2 aliphatic heterocycles. The minimum absolute atomic E-state index is 0.0427. The summed E-state index contributed by atoms with van der Waals surface area (Å²) in [4.78, 5) is 36.8. The number of carbonyl (C=O) groups is 3. The normalized spacial score (nSPS) is 21.1. The lowest BCUT2D eigenvalue weighted by atomic mass is 10.0. The number of fused-ring (bicyclic) bond motifs is 1. The summed E-state index contributed by atoms with van der Waals surface area (Å²) in [5.41, 5.74) is 5.83. The van der Waals surface area contributed by atoms with E-state index in [1.165, 1.54) is 11.0 Å². The SMILES string of the molecule is NCc1cc(Cl)c2c(c1F)C(=O)N(C1CCC(=O)NC1=O)C2. The van der Waals surface area contributed by atoms with Gasteiger partial charge in [0.1, 0.15) is 11.9 Å². The summed E-state index contributed by atoms with van der Waals surface area (Å²) < 4.78 is 14.4. The Kier molecular flexibility index (Phi) is 3.62. The Bertz CT molecular complexity index is 707. The van der Waals surface area contributed by atoms with Gasteiger partial charge in [-0.05, 0) is 12.5 Å². The fraction of sp³-hybridized carbons (Fsp3) is 0.357. The van der Waals surface area contributed by atoms with Gasteiger partial charge in [0, 0.05) is 35.7 Å². The van der Waals surface area contributed by atoms with Crippen molar-refractivity contribution in [1.82, 2.24) is 10.2 Å². The standard InChI is InChI=1S/C14H13ClFN3O3/c15-8-3-6(4-17)12(16)11-7(8)5-19(14(11)22)9-1-2-10(20)18-13(9)21/h3,9H,1-2,4-5,17H2,(H,18,20,21). The maximum absolute atomic E-state index is 14.4. The van der Waals surface area contributed by atoms with E-state index in [-0.39, 0.29) is 48.0 Å².